The van der Waals surface area contributed by atoms with Gasteiger partial charge < -0.3 is 15.0 Å². The lowest BCUT2D eigenvalue weighted by Crippen LogP contribution is -2.43. The molecule has 0 radical (unpaired) electrons. The molecule has 1 aromatic heterocycles. The van der Waals surface area contributed by atoms with Gasteiger partial charge in [-0.05, 0) is 7.05 Å². The van der Waals surface area contributed by atoms with Crippen LogP contribution in [0.15, 0.2) is 6.33 Å². The Kier molecular flexibility index (Phi) is 3.28. The Hall–Kier alpha value is -0.720. The van der Waals surface area contributed by atoms with Gasteiger partial charge in [-0.2, -0.15) is 4.37 Å². The molecule has 2 heterocycles. The van der Waals surface area contributed by atoms with Crippen molar-refractivity contribution in [2.24, 2.45) is 0 Å². The average molecular weight is 214 g/mol. The van der Waals surface area contributed by atoms with Gasteiger partial charge >= 0.3 is 0 Å². The van der Waals surface area contributed by atoms with Crippen molar-refractivity contribution in [3.05, 3.63) is 6.33 Å². The summed E-state index contributed by atoms with van der Waals surface area (Å²) >= 11 is 1.37. The molecule has 1 fully saturated rings. The molecule has 0 bridgehead atoms. The minimum Gasteiger partial charge on any atom is -0.374 e. The Labute approximate surface area is 87.3 Å². The Balaban J connectivity index is 1.75. The van der Waals surface area contributed by atoms with Crippen molar-refractivity contribution >= 4 is 16.7 Å². The lowest BCUT2D eigenvalue weighted by Gasteiger charge is -2.29. The average Bonchev–Trinajstić information content (AvgIpc) is 2.67. The minimum atomic E-state index is 0.262. The fourth-order valence-corrected chi connectivity index (χ4v) is 1.88. The Morgan fingerprint density at radius 1 is 1.79 bits per heavy atom. The standard InChI is InChI=1S/C8H14N4OS/c1-12-2-3-13-7(5-12)4-9-8-10-6-11-14-8/h6-7H,2-5H2,1H3,(H,9,10,11). The number of hydrogen-bond donors (Lipinski definition) is 1. The molecule has 0 amide bonds. The number of anilines is 1. The van der Waals surface area contributed by atoms with Crippen LogP contribution in [0, 0.1) is 0 Å². The summed E-state index contributed by atoms with van der Waals surface area (Å²) in [4.78, 5) is 6.32. The molecule has 2 rings (SSSR count). The fourth-order valence-electron chi connectivity index (χ4n) is 1.44. The molecule has 5 nitrogen and oxygen atoms in total. The van der Waals surface area contributed by atoms with Crippen LogP contribution in [-0.4, -0.2) is 53.7 Å². The summed E-state index contributed by atoms with van der Waals surface area (Å²) in [5.74, 6) is 0. The second-order valence-electron chi connectivity index (χ2n) is 3.38. The molecular formula is C8H14N4OS. The van der Waals surface area contributed by atoms with E-state index in [1.807, 2.05) is 0 Å². The maximum absolute atomic E-state index is 5.60. The van der Waals surface area contributed by atoms with Crippen molar-refractivity contribution in [2.45, 2.75) is 6.10 Å². The topological polar surface area (TPSA) is 50.3 Å². The highest BCUT2D eigenvalue weighted by Crippen LogP contribution is 2.08. The van der Waals surface area contributed by atoms with Crippen LogP contribution in [0.3, 0.4) is 0 Å². The molecule has 1 N–H and O–H groups in total. The van der Waals surface area contributed by atoms with Gasteiger partial charge in [0.2, 0.25) is 5.13 Å². The zero-order valence-corrected chi connectivity index (χ0v) is 8.96. The third-order valence-corrected chi connectivity index (χ3v) is 2.81. The molecule has 1 unspecified atom stereocenters. The number of nitrogens with zero attached hydrogens (tertiary/aromatic N) is 3. The number of rotatable bonds is 3. The van der Waals surface area contributed by atoms with Crippen molar-refractivity contribution in [3.63, 3.8) is 0 Å². The summed E-state index contributed by atoms with van der Waals surface area (Å²) in [6, 6.07) is 0. The number of hydrogen-bond acceptors (Lipinski definition) is 6. The Morgan fingerprint density at radius 3 is 3.43 bits per heavy atom. The highest BCUT2D eigenvalue weighted by Gasteiger charge is 2.17. The van der Waals surface area contributed by atoms with Crippen molar-refractivity contribution in [1.82, 2.24) is 14.3 Å². The molecule has 1 atom stereocenters. The number of likely N-dealkylation sites (N-methyl/N-ethyl adjacent to an activating group) is 1. The van der Waals surface area contributed by atoms with Gasteiger partial charge in [0.1, 0.15) is 6.33 Å². The van der Waals surface area contributed by atoms with Gasteiger partial charge in [0.15, 0.2) is 0 Å². The van der Waals surface area contributed by atoms with Crippen LogP contribution in [0.1, 0.15) is 0 Å². The number of morpholine rings is 1. The Morgan fingerprint density at radius 2 is 2.71 bits per heavy atom. The van der Waals surface area contributed by atoms with Crippen molar-refractivity contribution in [3.8, 4) is 0 Å². The summed E-state index contributed by atoms with van der Waals surface area (Å²) in [5.41, 5.74) is 0. The van der Waals surface area contributed by atoms with E-state index < -0.39 is 0 Å². The monoisotopic (exact) mass is 214 g/mol. The molecule has 14 heavy (non-hydrogen) atoms. The second-order valence-corrected chi connectivity index (χ2v) is 4.16. The van der Waals surface area contributed by atoms with E-state index in [9.17, 15) is 0 Å². The molecule has 0 aliphatic carbocycles. The predicted octanol–water partition coefficient (Wildman–Crippen LogP) is 0.281. The third kappa shape index (κ3) is 2.63. The van der Waals surface area contributed by atoms with Crippen LogP contribution < -0.4 is 5.32 Å². The fraction of sp³-hybridized carbons (Fsp3) is 0.750. The lowest BCUT2D eigenvalue weighted by molar-refractivity contribution is -0.0117. The zero-order chi connectivity index (χ0) is 9.80. The van der Waals surface area contributed by atoms with E-state index in [-0.39, 0.29) is 6.10 Å². The van der Waals surface area contributed by atoms with Gasteiger partial charge in [0, 0.05) is 31.2 Å². The summed E-state index contributed by atoms with van der Waals surface area (Å²) in [6.07, 6.45) is 1.82. The van der Waals surface area contributed by atoms with Crippen molar-refractivity contribution < 1.29 is 4.74 Å². The quantitative estimate of drug-likeness (QED) is 0.783. The van der Waals surface area contributed by atoms with E-state index in [1.54, 1.807) is 6.33 Å². The van der Waals surface area contributed by atoms with E-state index in [0.29, 0.717) is 0 Å². The highest BCUT2D eigenvalue weighted by atomic mass is 32.1. The summed E-state index contributed by atoms with van der Waals surface area (Å²) in [6.45, 7) is 3.62. The van der Waals surface area contributed by atoms with Gasteiger partial charge in [-0.25, -0.2) is 4.98 Å². The second kappa shape index (κ2) is 4.68. The van der Waals surface area contributed by atoms with Crippen LogP contribution in [0.2, 0.25) is 0 Å². The molecule has 1 aliphatic heterocycles. The summed E-state index contributed by atoms with van der Waals surface area (Å²) in [7, 11) is 2.11. The van der Waals surface area contributed by atoms with Gasteiger partial charge in [-0.3, -0.25) is 0 Å². The highest BCUT2D eigenvalue weighted by molar-refractivity contribution is 7.09. The number of aromatic nitrogens is 2. The van der Waals surface area contributed by atoms with Gasteiger partial charge in [-0.15, -0.1) is 0 Å². The lowest BCUT2D eigenvalue weighted by atomic mass is 10.3. The first-order chi connectivity index (χ1) is 6.84. The van der Waals surface area contributed by atoms with Crippen LogP contribution in [0.5, 0.6) is 0 Å². The van der Waals surface area contributed by atoms with Crippen LogP contribution in [0.4, 0.5) is 5.13 Å². The molecule has 1 saturated heterocycles. The van der Waals surface area contributed by atoms with Gasteiger partial charge in [-0.1, -0.05) is 0 Å². The summed E-state index contributed by atoms with van der Waals surface area (Å²) < 4.78 is 9.52. The minimum absolute atomic E-state index is 0.262. The zero-order valence-electron chi connectivity index (χ0n) is 8.14. The van der Waals surface area contributed by atoms with E-state index in [4.69, 9.17) is 4.74 Å². The van der Waals surface area contributed by atoms with E-state index >= 15 is 0 Å². The van der Waals surface area contributed by atoms with Crippen LogP contribution >= 0.6 is 11.5 Å². The van der Waals surface area contributed by atoms with Gasteiger partial charge in [0.05, 0.1) is 12.7 Å². The molecule has 0 aromatic carbocycles. The first kappa shape index (κ1) is 9.82. The molecule has 0 saturated carbocycles. The smallest absolute Gasteiger partial charge is 0.202 e. The SMILES string of the molecule is CN1CCOC(CNc2ncns2)C1. The largest absolute Gasteiger partial charge is 0.374 e. The normalized spacial score (nSPS) is 23.6. The van der Waals surface area contributed by atoms with Crippen LogP contribution in [0.25, 0.3) is 0 Å². The maximum Gasteiger partial charge on any atom is 0.202 e. The maximum atomic E-state index is 5.60. The molecule has 1 aliphatic rings. The van der Waals surface area contributed by atoms with Crippen molar-refractivity contribution in [1.29, 1.82) is 0 Å². The summed E-state index contributed by atoms with van der Waals surface area (Å²) in [5, 5.41) is 4.07. The van der Waals surface area contributed by atoms with Crippen molar-refractivity contribution in [2.75, 3.05) is 38.6 Å². The van der Waals surface area contributed by atoms with E-state index in [0.717, 1.165) is 31.4 Å². The Bertz CT molecular complexity index is 266. The first-order valence-electron chi connectivity index (χ1n) is 4.65. The molecule has 78 valence electrons. The molecular weight excluding hydrogens is 200 g/mol. The van der Waals surface area contributed by atoms with Crippen LogP contribution in [-0.2, 0) is 4.74 Å². The van der Waals surface area contributed by atoms with E-state index in [1.165, 1.54) is 11.5 Å². The molecule has 1 aromatic rings. The number of nitrogens with one attached hydrogen (secondary N) is 1. The number of ether oxygens (including phenoxy) is 1. The van der Waals surface area contributed by atoms with E-state index in [2.05, 4.69) is 26.6 Å². The predicted molar refractivity (Wildman–Crippen MR) is 55.6 cm³/mol. The molecule has 6 heteroatoms. The molecule has 0 spiro atoms. The van der Waals surface area contributed by atoms with Gasteiger partial charge in [0.25, 0.3) is 0 Å². The third-order valence-electron chi connectivity index (χ3n) is 2.18. The first-order valence-corrected chi connectivity index (χ1v) is 5.42.